The van der Waals surface area contributed by atoms with E-state index >= 15 is 0 Å². The summed E-state index contributed by atoms with van der Waals surface area (Å²) in [6.45, 7) is 10.4. The molecule has 0 aromatic rings. The molecule has 0 aliphatic heterocycles. The Balaban J connectivity index is 3.04. The van der Waals surface area contributed by atoms with Crippen LogP contribution in [0.4, 0.5) is 0 Å². The Labute approximate surface area is 38.8 Å². The molecule has 1 nitrogen and oxygen atoms in total. The van der Waals surface area contributed by atoms with E-state index in [-0.39, 0.29) is 6.04 Å². The maximum Gasteiger partial charge on any atom is 0.220 e. The highest BCUT2D eigenvalue weighted by Gasteiger charge is 1.93. The molecule has 0 amide bonds. The lowest BCUT2D eigenvalue weighted by molar-refractivity contribution is 0.814. The highest BCUT2D eigenvalue weighted by atomic mass is 14.7. The zero-order chi connectivity index (χ0) is 4.99. The summed E-state index contributed by atoms with van der Waals surface area (Å²) in [4.78, 5) is 3.26. The third-order valence-corrected chi connectivity index (χ3v) is 0.811. The van der Waals surface area contributed by atoms with Gasteiger partial charge in [0, 0.05) is 13.3 Å². The van der Waals surface area contributed by atoms with Crippen LogP contribution in [0.25, 0.3) is 4.85 Å². The smallest absolute Gasteiger partial charge is 0.220 e. The van der Waals surface area contributed by atoms with E-state index in [1.165, 1.54) is 0 Å². The molecule has 0 unspecified atom stereocenters. The van der Waals surface area contributed by atoms with Gasteiger partial charge in [0.1, 0.15) is 0 Å². The van der Waals surface area contributed by atoms with E-state index in [0.717, 1.165) is 6.42 Å². The molecule has 0 aliphatic rings. The van der Waals surface area contributed by atoms with Crippen molar-refractivity contribution in [3.63, 3.8) is 0 Å². The fraction of sp³-hybridized carbons (Fsp3) is 0.800. The average Bonchev–Trinajstić information content (AvgIpc) is 1.65. The van der Waals surface area contributed by atoms with E-state index in [1.807, 2.05) is 13.8 Å². The van der Waals surface area contributed by atoms with Crippen molar-refractivity contribution in [2.45, 2.75) is 26.3 Å². The Kier molecular flexibility index (Phi) is 2.48. The molecule has 0 bridgehead atoms. The SMILES string of the molecule is [C-]#[N+][C@@H](C)CC. The van der Waals surface area contributed by atoms with Crippen LogP contribution in [0.1, 0.15) is 20.3 Å². The Hall–Kier alpha value is -0.510. The van der Waals surface area contributed by atoms with E-state index in [9.17, 15) is 0 Å². The monoisotopic (exact) mass is 83.1 g/mol. The predicted molar refractivity (Wildman–Crippen MR) is 26.4 cm³/mol. The van der Waals surface area contributed by atoms with Gasteiger partial charge in [-0.3, -0.25) is 0 Å². The van der Waals surface area contributed by atoms with Gasteiger partial charge in [-0.2, -0.15) is 0 Å². The van der Waals surface area contributed by atoms with Crippen LogP contribution >= 0.6 is 0 Å². The van der Waals surface area contributed by atoms with Crippen molar-refractivity contribution >= 4 is 0 Å². The van der Waals surface area contributed by atoms with Gasteiger partial charge in [-0.25, -0.2) is 6.57 Å². The molecule has 6 heavy (non-hydrogen) atoms. The maximum absolute atomic E-state index is 6.43. The van der Waals surface area contributed by atoms with Crippen LogP contribution in [0.15, 0.2) is 0 Å². The first-order chi connectivity index (χ1) is 2.81. The highest BCUT2D eigenvalue weighted by Crippen LogP contribution is 1.90. The summed E-state index contributed by atoms with van der Waals surface area (Å²) in [5, 5.41) is 0. The second-order valence-electron chi connectivity index (χ2n) is 1.39. The largest absolute Gasteiger partial charge is 0.314 e. The third-order valence-electron chi connectivity index (χ3n) is 0.811. The van der Waals surface area contributed by atoms with Gasteiger partial charge in [-0.15, -0.1) is 0 Å². The fourth-order valence-corrected chi connectivity index (χ4v) is 0.0913. The minimum Gasteiger partial charge on any atom is -0.314 e. The van der Waals surface area contributed by atoms with Crippen LogP contribution in [0.5, 0.6) is 0 Å². The summed E-state index contributed by atoms with van der Waals surface area (Å²) < 4.78 is 0. The molecular formula is C5H9N. The molecule has 0 rings (SSSR count). The molecule has 0 fully saturated rings. The predicted octanol–water partition coefficient (Wildman–Crippen LogP) is 1.70. The van der Waals surface area contributed by atoms with E-state index < -0.39 is 0 Å². The summed E-state index contributed by atoms with van der Waals surface area (Å²) in [5.74, 6) is 0. The van der Waals surface area contributed by atoms with Crippen molar-refractivity contribution in [1.82, 2.24) is 0 Å². The number of rotatable bonds is 1. The maximum atomic E-state index is 6.43. The van der Waals surface area contributed by atoms with Crippen LogP contribution in [-0.4, -0.2) is 6.04 Å². The van der Waals surface area contributed by atoms with E-state index in [4.69, 9.17) is 6.57 Å². The number of hydrogen-bond acceptors (Lipinski definition) is 0. The molecule has 1 atom stereocenters. The van der Waals surface area contributed by atoms with Crippen molar-refractivity contribution in [3.05, 3.63) is 11.4 Å². The number of hydrogen-bond donors (Lipinski definition) is 0. The zero-order valence-electron chi connectivity index (χ0n) is 4.23. The van der Waals surface area contributed by atoms with Crippen LogP contribution in [-0.2, 0) is 0 Å². The van der Waals surface area contributed by atoms with Crippen LogP contribution < -0.4 is 0 Å². The van der Waals surface area contributed by atoms with Crippen molar-refractivity contribution in [2.24, 2.45) is 0 Å². The van der Waals surface area contributed by atoms with Gasteiger partial charge in [0.05, 0.1) is 0 Å². The molecule has 1 heteroatoms. The van der Waals surface area contributed by atoms with Crippen molar-refractivity contribution in [1.29, 1.82) is 0 Å². The molecule has 0 aromatic carbocycles. The van der Waals surface area contributed by atoms with Gasteiger partial charge < -0.3 is 4.85 Å². The molecule has 0 spiro atoms. The Morgan fingerprint density at radius 1 is 1.83 bits per heavy atom. The van der Waals surface area contributed by atoms with Crippen LogP contribution in [0.3, 0.4) is 0 Å². The normalized spacial score (nSPS) is 12.8. The lowest BCUT2D eigenvalue weighted by atomic mass is 10.3. The number of nitrogens with zero attached hydrogens (tertiary/aromatic N) is 1. The van der Waals surface area contributed by atoms with Gasteiger partial charge in [-0.1, -0.05) is 6.92 Å². The van der Waals surface area contributed by atoms with Crippen LogP contribution in [0.2, 0.25) is 0 Å². The van der Waals surface area contributed by atoms with Gasteiger partial charge in [0.15, 0.2) is 0 Å². The summed E-state index contributed by atoms with van der Waals surface area (Å²) in [7, 11) is 0. The first-order valence-electron chi connectivity index (χ1n) is 2.17. The average molecular weight is 83.1 g/mol. The van der Waals surface area contributed by atoms with E-state index in [2.05, 4.69) is 4.85 Å². The van der Waals surface area contributed by atoms with Gasteiger partial charge in [0.25, 0.3) is 0 Å². The van der Waals surface area contributed by atoms with E-state index in [0.29, 0.717) is 0 Å². The third kappa shape index (κ3) is 1.78. The summed E-state index contributed by atoms with van der Waals surface area (Å²) in [6, 6.07) is 0.227. The summed E-state index contributed by atoms with van der Waals surface area (Å²) in [5.41, 5.74) is 0. The zero-order valence-corrected chi connectivity index (χ0v) is 4.23. The van der Waals surface area contributed by atoms with E-state index in [1.54, 1.807) is 0 Å². The first-order valence-corrected chi connectivity index (χ1v) is 2.17. The molecule has 0 aromatic heterocycles. The Bertz CT molecular complexity index is 60.8. The molecular weight excluding hydrogens is 74.1 g/mol. The van der Waals surface area contributed by atoms with Gasteiger partial charge in [-0.05, 0) is 0 Å². The molecule has 34 valence electrons. The molecule has 0 aliphatic carbocycles. The van der Waals surface area contributed by atoms with Crippen molar-refractivity contribution in [3.8, 4) is 0 Å². The quantitative estimate of drug-likeness (QED) is 0.425. The molecule has 0 heterocycles. The fourth-order valence-electron chi connectivity index (χ4n) is 0.0913. The second kappa shape index (κ2) is 2.71. The lowest BCUT2D eigenvalue weighted by Gasteiger charge is -1.84. The highest BCUT2D eigenvalue weighted by molar-refractivity contribution is 4.69. The van der Waals surface area contributed by atoms with Crippen molar-refractivity contribution < 1.29 is 0 Å². The topological polar surface area (TPSA) is 4.36 Å². The molecule has 0 radical (unpaired) electrons. The summed E-state index contributed by atoms with van der Waals surface area (Å²) >= 11 is 0. The van der Waals surface area contributed by atoms with Gasteiger partial charge >= 0.3 is 0 Å². The minimum absolute atomic E-state index is 0.227. The minimum atomic E-state index is 0.227. The Morgan fingerprint density at radius 2 is 2.33 bits per heavy atom. The van der Waals surface area contributed by atoms with Crippen molar-refractivity contribution in [2.75, 3.05) is 0 Å². The molecule has 0 N–H and O–H groups in total. The first kappa shape index (κ1) is 5.49. The standard InChI is InChI=1S/C5H9N/c1-4-5(2)6-3/h5H,4H2,1-2H3/t5-/m0/s1. The van der Waals surface area contributed by atoms with Crippen LogP contribution in [0, 0.1) is 6.57 Å². The lowest BCUT2D eigenvalue weighted by Crippen LogP contribution is -1.87. The molecule has 0 saturated carbocycles. The second-order valence-corrected chi connectivity index (χ2v) is 1.39. The van der Waals surface area contributed by atoms with Gasteiger partial charge in [0.2, 0.25) is 6.04 Å². The Morgan fingerprint density at radius 3 is 2.33 bits per heavy atom. The molecule has 0 saturated heterocycles. The summed E-state index contributed by atoms with van der Waals surface area (Å²) in [6.07, 6.45) is 0.976.